The van der Waals surface area contributed by atoms with Crippen molar-refractivity contribution in [3.63, 3.8) is 0 Å². The van der Waals surface area contributed by atoms with Gasteiger partial charge in [-0.1, -0.05) is 6.92 Å². The Hall–Kier alpha value is -0.120. The number of likely N-dealkylation sites (N-methyl/N-ethyl adjacent to an activating group) is 1. The molecular weight excluding hydrogens is 186 g/mol. The zero-order valence-corrected chi connectivity index (χ0v) is 10.6. The van der Waals surface area contributed by atoms with Crippen LogP contribution in [0.25, 0.3) is 0 Å². The maximum absolute atomic E-state index is 6.16. The van der Waals surface area contributed by atoms with Gasteiger partial charge in [-0.3, -0.25) is 0 Å². The minimum absolute atomic E-state index is 0.415. The Morgan fingerprint density at radius 2 is 1.87 bits per heavy atom. The van der Waals surface area contributed by atoms with Crippen LogP contribution in [-0.4, -0.2) is 56.1 Å². The Morgan fingerprint density at radius 3 is 2.33 bits per heavy atom. The second-order valence-electron chi connectivity index (χ2n) is 5.11. The predicted molar refractivity (Wildman–Crippen MR) is 66.0 cm³/mol. The van der Waals surface area contributed by atoms with Crippen molar-refractivity contribution in [1.29, 1.82) is 0 Å². The van der Waals surface area contributed by atoms with Crippen molar-refractivity contribution in [2.24, 2.45) is 11.7 Å². The molecular formula is C12H27N3. The molecule has 1 unspecified atom stereocenters. The van der Waals surface area contributed by atoms with Gasteiger partial charge in [-0.25, -0.2) is 0 Å². The van der Waals surface area contributed by atoms with E-state index >= 15 is 0 Å². The van der Waals surface area contributed by atoms with Crippen LogP contribution in [0.1, 0.15) is 26.2 Å². The number of hydrogen-bond acceptors (Lipinski definition) is 3. The fourth-order valence-electron chi connectivity index (χ4n) is 1.92. The summed E-state index contributed by atoms with van der Waals surface area (Å²) in [6.07, 6.45) is 3.94. The first-order valence-corrected chi connectivity index (χ1v) is 6.26. The molecule has 1 aliphatic rings. The average Bonchev–Trinajstić information content (AvgIpc) is 2.97. The average molecular weight is 213 g/mol. The largest absolute Gasteiger partial charge is 0.326 e. The molecule has 1 rings (SSSR count). The first-order chi connectivity index (χ1) is 7.13. The fraction of sp³-hybridized carbons (Fsp3) is 1.00. The summed E-state index contributed by atoms with van der Waals surface area (Å²) in [5.74, 6) is 0.823. The lowest BCUT2D eigenvalue weighted by Gasteiger charge is -2.26. The van der Waals surface area contributed by atoms with E-state index in [2.05, 4.69) is 30.8 Å². The third-order valence-corrected chi connectivity index (χ3v) is 3.10. The highest BCUT2D eigenvalue weighted by atomic mass is 15.2. The van der Waals surface area contributed by atoms with E-state index in [1.807, 2.05) is 0 Å². The van der Waals surface area contributed by atoms with Gasteiger partial charge in [0.2, 0.25) is 0 Å². The Kier molecular flexibility index (Phi) is 5.58. The molecule has 0 saturated heterocycles. The van der Waals surface area contributed by atoms with Crippen LogP contribution in [-0.2, 0) is 0 Å². The van der Waals surface area contributed by atoms with Crippen LogP contribution >= 0.6 is 0 Å². The summed E-state index contributed by atoms with van der Waals surface area (Å²) in [6, 6.07) is 0.415. The highest BCUT2D eigenvalue weighted by Crippen LogP contribution is 2.31. The SMILES string of the molecule is CCCN(CCN(C)C)CC(N)C1CC1. The molecule has 0 amide bonds. The summed E-state index contributed by atoms with van der Waals surface area (Å²) in [6.45, 7) is 6.81. The molecule has 1 saturated carbocycles. The van der Waals surface area contributed by atoms with Crippen molar-refractivity contribution in [1.82, 2.24) is 9.80 Å². The predicted octanol–water partition coefficient (Wildman–Crippen LogP) is 0.997. The molecule has 0 radical (unpaired) electrons. The van der Waals surface area contributed by atoms with E-state index in [0.29, 0.717) is 6.04 Å². The van der Waals surface area contributed by atoms with E-state index in [-0.39, 0.29) is 0 Å². The molecule has 3 heteroatoms. The fourth-order valence-corrected chi connectivity index (χ4v) is 1.92. The van der Waals surface area contributed by atoms with Crippen LogP contribution < -0.4 is 5.73 Å². The molecule has 2 N–H and O–H groups in total. The highest BCUT2D eigenvalue weighted by Gasteiger charge is 2.29. The maximum Gasteiger partial charge on any atom is 0.0196 e. The molecule has 0 heterocycles. The normalized spacial score (nSPS) is 18.8. The third-order valence-electron chi connectivity index (χ3n) is 3.10. The first kappa shape index (κ1) is 12.9. The van der Waals surface area contributed by atoms with E-state index in [1.54, 1.807) is 0 Å². The van der Waals surface area contributed by atoms with Crippen molar-refractivity contribution >= 4 is 0 Å². The lowest BCUT2D eigenvalue weighted by molar-refractivity contribution is 0.223. The zero-order chi connectivity index (χ0) is 11.3. The van der Waals surface area contributed by atoms with Gasteiger partial charge in [0.1, 0.15) is 0 Å². The topological polar surface area (TPSA) is 32.5 Å². The molecule has 0 bridgehead atoms. The first-order valence-electron chi connectivity index (χ1n) is 6.26. The van der Waals surface area contributed by atoms with E-state index < -0.39 is 0 Å². The van der Waals surface area contributed by atoms with Crippen molar-refractivity contribution < 1.29 is 0 Å². The Labute approximate surface area is 94.6 Å². The monoisotopic (exact) mass is 213 g/mol. The molecule has 90 valence electrons. The molecule has 1 aliphatic carbocycles. The molecule has 3 nitrogen and oxygen atoms in total. The minimum Gasteiger partial charge on any atom is -0.326 e. The minimum atomic E-state index is 0.415. The third kappa shape index (κ3) is 5.50. The molecule has 0 aliphatic heterocycles. The molecule has 15 heavy (non-hydrogen) atoms. The van der Waals surface area contributed by atoms with Gasteiger partial charge in [-0.15, -0.1) is 0 Å². The van der Waals surface area contributed by atoms with Crippen LogP contribution in [0.5, 0.6) is 0 Å². The van der Waals surface area contributed by atoms with Gasteiger partial charge in [0.05, 0.1) is 0 Å². The Morgan fingerprint density at radius 1 is 1.20 bits per heavy atom. The molecule has 0 spiro atoms. The van der Waals surface area contributed by atoms with Crippen LogP contribution in [0.15, 0.2) is 0 Å². The molecule has 1 fully saturated rings. The summed E-state index contributed by atoms with van der Waals surface area (Å²) >= 11 is 0. The number of rotatable bonds is 8. The molecule has 0 aromatic heterocycles. The molecule has 0 aromatic rings. The molecule has 1 atom stereocenters. The number of nitrogens with two attached hydrogens (primary N) is 1. The van der Waals surface area contributed by atoms with Crippen LogP contribution in [0.3, 0.4) is 0 Å². The second-order valence-corrected chi connectivity index (χ2v) is 5.11. The van der Waals surface area contributed by atoms with Crippen molar-refractivity contribution in [3.8, 4) is 0 Å². The van der Waals surface area contributed by atoms with E-state index in [0.717, 1.165) is 25.6 Å². The van der Waals surface area contributed by atoms with Gasteiger partial charge in [-0.05, 0) is 45.8 Å². The number of nitrogens with zero attached hydrogens (tertiary/aromatic N) is 2. The summed E-state index contributed by atoms with van der Waals surface area (Å²) in [5, 5.41) is 0. The van der Waals surface area contributed by atoms with E-state index in [4.69, 9.17) is 5.73 Å². The van der Waals surface area contributed by atoms with Crippen molar-refractivity contribution in [3.05, 3.63) is 0 Å². The standard InChI is InChI=1S/C12H27N3/c1-4-7-15(9-8-14(2)3)10-12(13)11-5-6-11/h11-12H,4-10,13H2,1-3H3. The Bertz CT molecular complexity index is 166. The van der Waals surface area contributed by atoms with Gasteiger partial charge in [0.15, 0.2) is 0 Å². The second kappa shape index (κ2) is 6.46. The smallest absolute Gasteiger partial charge is 0.0196 e. The summed E-state index contributed by atoms with van der Waals surface area (Å²) < 4.78 is 0. The van der Waals surface area contributed by atoms with Crippen molar-refractivity contribution in [2.75, 3.05) is 40.3 Å². The quantitative estimate of drug-likeness (QED) is 0.653. The summed E-state index contributed by atoms with van der Waals surface area (Å²) in [7, 11) is 4.26. The van der Waals surface area contributed by atoms with Gasteiger partial charge in [0.25, 0.3) is 0 Å². The van der Waals surface area contributed by atoms with Crippen LogP contribution in [0, 0.1) is 5.92 Å². The maximum atomic E-state index is 6.16. The summed E-state index contributed by atoms with van der Waals surface area (Å²) in [4.78, 5) is 4.76. The van der Waals surface area contributed by atoms with Crippen LogP contribution in [0.2, 0.25) is 0 Å². The highest BCUT2D eigenvalue weighted by molar-refractivity contribution is 4.86. The van der Waals surface area contributed by atoms with E-state index in [9.17, 15) is 0 Å². The Balaban J connectivity index is 2.21. The molecule has 0 aromatic carbocycles. The number of hydrogen-bond donors (Lipinski definition) is 1. The van der Waals surface area contributed by atoms with Gasteiger partial charge >= 0.3 is 0 Å². The lowest BCUT2D eigenvalue weighted by Crippen LogP contribution is -2.42. The van der Waals surface area contributed by atoms with Gasteiger partial charge < -0.3 is 15.5 Å². The lowest BCUT2D eigenvalue weighted by atomic mass is 10.2. The van der Waals surface area contributed by atoms with Crippen LogP contribution in [0.4, 0.5) is 0 Å². The van der Waals surface area contributed by atoms with Gasteiger partial charge in [0, 0.05) is 25.7 Å². The summed E-state index contributed by atoms with van der Waals surface area (Å²) in [5.41, 5.74) is 6.16. The van der Waals surface area contributed by atoms with Crippen molar-refractivity contribution in [2.45, 2.75) is 32.2 Å². The van der Waals surface area contributed by atoms with E-state index in [1.165, 1.54) is 25.8 Å². The zero-order valence-electron chi connectivity index (χ0n) is 10.6. The van der Waals surface area contributed by atoms with Gasteiger partial charge in [-0.2, -0.15) is 0 Å².